The molecule has 4 nitrogen and oxygen atoms in total. The van der Waals surface area contributed by atoms with Crippen LogP contribution in [0.4, 0.5) is 4.79 Å². The van der Waals surface area contributed by atoms with Crippen molar-refractivity contribution in [1.82, 2.24) is 15.2 Å². The topological polar surface area (TPSA) is 45.2 Å². The minimum atomic E-state index is 0.0895. The van der Waals surface area contributed by atoms with Crippen molar-refractivity contribution in [1.29, 1.82) is 0 Å². The van der Waals surface area contributed by atoms with Gasteiger partial charge in [-0.15, -0.1) is 0 Å². The quantitative estimate of drug-likeness (QED) is 0.928. The van der Waals surface area contributed by atoms with Crippen LogP contribution in [0.2, 0.25) is 0 Å². The first-order chi connectivity index (χ1) is 10.7. The number of pyridine rings is 1. The van der Waals surface area contributed by atoms with Crippen molar-refractivity contribution >= 4 is 6.03 Å². The number of piperidine rings is 1. The Balaban J connectivity index is 1.50. The van der Waals surface area contributed by atoms with Gasteiger partial charge in [0, 0.05) is 32.0 Å². The second-order valence-electron chi connectivity index (χ2n) is 6.85. The zero-order chi connectivity index (χ0) is 15.4. The summed E-state index contributed by atoms with van der Waals surface area (Å²) in [6.45, 7) is 4.56. The molecule has 4 heteroatoms. The Morgan fingerprint density at radius 2 is 1.95 bits per heavy atom. The highest BCUT2D eigenvalue weighted by Gasteiger charge is 2.37. The zero-order valence-corrected chi connectivity index (χ0v) is 13.6. The van der Waals surface area contributed by atoms with Gasteiger partial charge in [0.15, 0.2) is 0 Å². The number of hydrogen-bond donors (Lipinski definition) is 1. The van der Waals surface area contributed by atoms with Crippen LogP contribution in [0.25, 0.3) is 0 Å². The number of hydrogen-bond acceptors (Lipinski definition) is 2. The molecular weight excluding hydrogens is 274 g/mol. The van der Waals surface area contributed by atoms with E-state index in [4.69, 9.17) is 0 Å². The van der Waals surface area contributed by atoms with E-state index in [1.165, 1.54) is 49.7 Å². The molecule has 120 valence electrons. The molecule has 1 saturated carbocycles. The number of aromatic nitrogens is 1. The summed E-state index contributed by atoms with van der Waals surface area (Å²) in [6.07, 6.45) is 12.5. The van der Waals surface area contributed by atoms with Gasteiger partial charge in [0.25, 0.3) is 0 Å². The molecular formula is C18H27N3O. The molecule has 1 N–H and O–H groups in total. The summed E-state index contributed by atoms with van der Waals surface area (Å²) >= 11 is 0. The van der Waals surface area contributed by atoms with E-state index >= 15 is 0 Å². The van der Waals surface area contributed by atoms with Crippen LogP contribution in [0, 0.1) is 5.41 Å². The van der Waals surface area contributed by atoms with E-state index in [-0.39, 0.29) is 6.03 Å². The van der Waals surface area contributed by atoms with Crippen LogP contribution in [0.1, 0.15) is 56.6 Å². The monoisotopic (exact) mass is 301 g/mol. The van der Waals surface area contributed by atoms with Crippen molar-refractivity contribution in [3.05, 3.63) is 29.6 Å². The van der Waals surface area contributed by atoms with Gasteiger partial charge in [-0.05, 0) is 54.7 Å². The molecule has 1 aromatic heterocycles. The lowest BCUT2D eigenvalue weighted by Gasteiger charge is -2.39. The van der Waals surface area contributed by atoms with Crippen LogP contribution >= 0.6 is 0 Å². The summed E-state index contributed by atoms with van der Waals surface area (Å²) < 4.78 is 0. The molecule has 2 aliphatic rings. The first-order valence-electron chi connectivity index (χ1n) is 8.67. The highest BCUT2D eigenvalue weighted by Crippen LogP contribution is 2.46. The molecule has 3 rings (SSSR count). The molecule has 2 heterocycles. The number of aryl methyl sites for hydroxylation is 1. The zero-order valence-electron chi connectivity index (χ0n) is 13.6. The summed E-state index contributed by atoms with van der Waals surface area (Å²) in [5.74, 6) is 0. The van der Waals surface area contributed by atoms with Gasteiger partial charge in [0.05, 0.1) is 0 Å². The predicted octanol–water partition coefficient (Wildman–Crippen LogP) is 3.51. The van der Waals surface area contributed by atoms with Gasteiger partial charge >= 0.3 is 6.03 Å². The number of rotatable bonds is 3. The Labute approximate surface area is 133 Å². The molecule has 0 radical (unpaired) electrons. The van der Waals surface area contributed by atoms with Crippen LogP contribution in [0.15, 0.2) is 18.5 Å². The summed E-state index contributed by atoms with van der Waals surface area (Å²) in [6, 6.07) is 2.09. The number of carbonyl (C=O) groups excluding carboxylic acids is 1. The fourth-order valence-electron chi connectivity index (χ4n) is 4.04. The van der Waals surface area contributed by atoms with Crippen molar-refractivity contribution in [2.45, 2.75) is 58.4 Å². The number of amides is 2. The van der Waals surface area contributed by atoms with Crippen LogP contribution in [0.3, 0.4) is 0 Å². The molecule has 2 fully saturated rings. The average Bonchev–Trinajstić information content (AvgIpc) is 3.01. The molecule has 1 saturated heterocycles. The Kier molecular flexibility index (Phi) is 4.65. The summed E-state index contributed by atoms with van der Waals surface area (Å²) in [5, 5.41) is 3.08. The van der Waals surface area contributed by atoms with E-state index in [0.717, 1.165) is 19.5 Å². The third-order valence-electron chi connectivity index (χ3n) is 5.59. The van der Waals surface area contributed by atoms with Crippen molar-refractivity contribution in [3.8, 4) is 0 Å². The summed E-state index contributed by atoms with van der Waals surface area (Å²) in [4.78, 5) is 18.5. The molecule has 2 amide bonds. The van der Waals surface area contributed by atoms with E-state index in [1.54, 1.807) is 6.20 Å². The van der Waals surface area contributed by atoms with E-state index < -0.39 is 0 Å². The van der Waals surface area contributed by atoms with Crippen molar-refractivity contribution in [3.63, 3.8) is 0 Å². The SMILES string of the molecule is CCc1cnccc1CNC(=O)N1CCC2(CCCC2)CC1. The minimum absolute atomic E-state index is 0.0895. The largest absolute Gasteiger partial charge is 0.334 e. The number of likely N-dealkylation sites (tertiary alicyclic amines) is 1. The molecule has 1 aromatic rings. The van der Waals surface area contributed by atoms with Gasteiger partial charge in [-0.25, -0.2) is 4.79 Å². The maximum absolute atomic E-state index is 12.4. The van der Waals surface area contributed by atoms with Crippen LogP contribution in [-0.2, 0) is 13.0 Å². The Morgan fingerprint density at radius 1 is 1.23 bits per heavy atom. The highest BCUT2D eigenvalue weighted by atomic mass is 16.2. The maximum Gasteiger partial charge on any atom is 0.317 e. The van der Waals surface area contributed by atoms with Crippen LogP contribution in [-0.4, -0.2) is 29.0 Å². The second-order valence-corrected chi connectivity index (χ2v) is 6.85. The van der Waals surface area contributed by atoms with E-state index in [1.807, 2.05) is 17.2 Å². The Morgan fingerprint density at radius 3 is 2.64 bits per heavy atom. The number of nitrogens with one attached hydrogen (secondary N) is 1. The Hall–Kier alpha value is -1.58. The fourth-order valence-corrected chi connectivity index (χ4v) is 4.04. The molecule has 0 unspecified atom stereocenters. The fraction of sp³-hybridized carbons (Fsp3) is 0.667. The van der Waals surface area contributed by atoms with Gasteiger partial charge in [-0.2, -0.15) is 0 Å². The predicted molar refractivity (Wildman–Crippen MR) is 87.6 cm³/mol. The summed E-state index contributed by atoms with van der Waals surface area (Å²) in [5.41, 5.74) is 2.96. The van der Waals surface area contributed by atoms with E-state index in [0.29, 0.717) is 12.0 Å². The smallest absolute Gasteiger partial charge is 0.317 e. The average molecular weight is 301 g/mol. The minimum Gasteiger partial charge on any atom is -0.334 e. The second kappa shape index (κ2) is 6.67. The molecule has 1 spiro atoms. The first-order valence-corrected chi connectivity index (χ1v) is 8.67. The Bertz CT molecular complexity index is 513. The van der Waals surface area contributed by atoms with Crippen molar-refractivity contribution < 1.29 is 4.79 Å². The number of carbonyl (C=O) groups is 1. The third-order valence-corrected chi connectivity index (χ3v) is 5.59. The third kappa shape index (κ3) is 3.26. The van der Waals surface area contributed by atoms with Gasteiger partial charge in [0.1, 0.15) is 0 Å². The van der Waals surface area contributed by atoms with Gasteiger partial charge in [0.2, 0.25) is 0 Å². The van der Waals surface area contributed by atoms with E-state index in [9.17, 15) is 4.79 Å². The van der Waals surface area contributed by atoms with Crippen molar-refractivity contribution in [2.24, 2.45) is 5.41 Å². The number of urea groups is 1. The lowest BCUT2D eigenvalue weighted by atomic mass is 9.77. The molecule has 0 bridgehead atoms. The van der Waals surface area contributed by atoms with Crippen LogP contribution < -0.4 is 5.32 Å². The standard InChI is InChI=1S/C18H27N3O/c1-2-15-13-19-10-5-16(15)14-20-17(22)21-11-8-18(9-12-21)6-3-4-7-18/h5,10,13H,2-4,6-9,11-12,14H2,1H3,(H,20,22). The molecule has 22 heavy (non-hydrogen) atoms. The molecule has 1 aliphatic heterocycles. The number of nitrogens with zero attached hydrogens (tertiary/aromatic N) is 2. The molecule has 0 aromatic carbocycles. The lowest BCUT2D eigenvalue weighted by Crippen LogP contribution is -2.46. The summed E-state index contributed by atoms with van der Waals surface area (Å²) in [7, 11) is 0. The van der Waals surface area contributed by atoms with E-state index in [2.05, 4.69) is 17.2 Å². The lowest BCUT2D eigenvalue weighted by molar-refractivity contribution is 0.120. The highest BCUT2D eigenvalue weighted by molar-refractivity contribution is 5.74. The maximum atomic E-state index is 12.4. The first kappa shape index (κ1) is 15.3. The van der Waals surface area contributed by atoms with Gasteiger partial charge in [-0.3, -0.25) is 4.98 Å². The van der Waals surface area contributed by atoms with Crippen molar-refractivity contribution in [2.75, 3.05) is 13.1 Å². The normalized spacial score (nSPS) is 20.3. The molecule has 1 aliphatic carbocycles. The van der Waals surface area contributed by atoms with Crippen LogP contribution in [0.5, 0.6) is 0 Å². The van der Waals surface area contributed by atoms with Gasteiger partial charge < -0.3 is 10.2 Å². The van der Waals surface area contributed by atoms with Gasteiger partial charge in [-0.1, -0.05) is 19.8 Å². The molecule has 0 atom stereocenters.